The highest BCUT2D eigenvalue weighted by Crippen LogP contribution is 2.37. The molecule has 190 valence electrons. The Kier molecular flexibility index (Phi) is 6.05. The van der Waals surface area contributed by atoms with Crippen molar-refractivity contribution in [1.29, 1.82) is 0 Å². The molecule has 38 heavy (non-hydrogen) atoms. The van der Waals surface area contributed by atoms with Crippen molar-refractivity contribution in [2.24, 2.45) is 5.73 Å². The molecule has 7 nitrogen and oxygen atoms in total. The number of ether oxygens (including phenoxy) is 1. The van der Waals surface area contributed by atoms with Crippen LogP contribution in [0.3, 0.4) is 0 Å². The topological polar surface area (TPSA) is 91.7 Å². The van der Waals surface area contributed by atoms with Gasteiger partial charge in [-0.2, -0.15) is 0 Å². The number of rotatable bonds is 5. The Morgan fingerprint density at radius 2 is 1.55 bits per heavy atom. The number of benzene rings is 4. The average Bonchev–Trinajstić information content (AvgIpc) is 3.32. The van der Waals surface area contributed by atoms with Crippen molar-refractivity contribution in [2.75, 3.05) is 33.2 Å². The number of piperazine rings is 1. The zero-order valence-corrected chi connectivity index (χ0v) is 21.1. The second kappa shape index (κ2) is 9.68. The summed E-state index contributed by atoms with van der Waals surface area (Å²) in [5.74, 6) is 1.01. The van der Waals surface area contributed by atoms with E-state index in [0.717, 1.165) is 52.0 Å². The molecule has 1 saturated heterocycles. The fourth-order valence-corrected chi connectivity index (χ4v) is 5.11. The standard InChI is InChI=1S/C31H28N4O3/c1-34-15-17-35(18-16-34)31(37)21-9-12-25-27(19-21)33-29-26(30(32)36)14-13-24(28(25)29)20-7-10-23(11-8-20)38-22-5-3-2-4-6-22/h2-14,19,33H,15-18H2,1H3,(H2,32,36). The molecule has 1 aliphatic rings. The van der Waals surface area contributed by atoms with Crippen LogP contribution in [0.5, 0.6) is 11.5 Å². The lowest BCUT2D eigenvalue weighted by atomic mass is 9.96. The van der Waals surface area contributed by atoms with Crippen LogP contribution in [0.1, 0.15) is 20.7 Å². The summed E-state index contributed by atoms with van der Waals surface area (Å²) >= 11 is 0. The van der Waals surface area contributed by atoms with Gasteiger partial charge in [-0.1, -0.05) is 42.5 Å². The minimum absolute atomic E-state index is 0.0167. The van der Waals surface area contributed by atoms with E-state index in [1.807, 2.05) is 83.8 Å². The number of amides is 2. The Balaban J connectivity index is 1.40. The van der Waals surface area contributed by atoms with Crippen LogP contribution in [0.2, 0.25) is 0 Å². The quantitative estimate of drug-likeness (QED) is 0.341. The number of nitrogens with one attached hydrogen (secondary N) is 1. The van der Waals surface area contributed by atoms with E-state index in [4.69, 9.17) is 10.5 Å². The lowest BCUT2D eigenvalue weighted by molar-refractivity contribution is 0.0664. The highest BCUT2D eigenvalue weighted by atomic mass is 16.5. The van der Waals surface area contributed by atoms with Crippen molar-refractivity contribution in [3.05, 3.63) is 96.1 Å². The molecular formula is C31H28N4O3. The third-order valence-corrected chi connectivity index (χ3v) is 7.20. The van der Waals surface area contributed by atoms with Crippen molar-refractivity contribution >= 4 is 33.6 Å². The molecule has 4 aromatic carbocycles. The first-order valence-electron chi connectivity index (χ1n) is 12.7. The number of H-pyrrole nitrogens is 1. The van der Waals surface area contributed by atoms with E-state index in [0.29, 0.717) is 29.7 Å². The molecule has 3 N–H and O–H groups in total. The largest absolute Gasteiger partial charge is 0.457 e. The van der Waals surface area contributed by atoms with E-state index < -0.39 is 5.91 Å². The zero-order chi connectivity index (χ0) is 26.2. The number of aromatic nitrogens is 1. The summed E-state index contributed by atoms with van der Waals surface area (Å²) in [4.78, 5) is 33.0. The van der Waals surface area contributed by atoms with E-state index in [-0.39, 0.29) is 5.91 Å². The minimum atomic E-state index is -0.506. The Bertz CT molecular complexity index is 1650. The normalized spacial score (nSPS) is 14.2. The molecule has 0 bridgehead atoms. The van der Waals surface area contributed by atoms with Crippen LogP contribution in [0.4, 0.5) is 0 Å². The van der Waals surface area contributed by atoms with Gasteiger partial charge < -0.3 is 25.3 Å². The van der Waals surface area contributed by atoms with Gasteiger partial charge in [0.05, 0.1) is 11.1 Å². The van der Waals surface area contributed by atoms with Gasteiger partial charge in [-0.25, -0.2) is 0 Å². The van der Waals surface area contributed by atoms with Crippen LogP contribution in [0, 0.1) is 0 Å². The summed E-state index contributed by atoms with van der Waals surface area (Å²) in [5, 5.41) is 1.82. The van der Waals surface area contributed by atoms with Crippen molar-refractivity contribution in [1.82, 2.24) is 14.8 Å². The SMILES string of the molecule is CN1CCN(C(=O)c2ccc3c(c2)[nH]c2c(C(N)=O)ccc(-c4ccc(Oc5ccccc5)cc4)c23)CC1. The fraction of sp³-hybridized carbons (Fsp3) is 0.161. The molecular weight excluding hydrogens is 476 g/mol. The average molecular weight is 505 g/mol. The molecule has 2 amide bonds. The van der Waals surface area contributed by atoms with Gasteiger partial charge in [0.25, 0.3) is 11.8 Å². The molecule has 0 unspecified atom stereocenters. The summed E-state index contributed by atoms with van der Waals surface area (Å²) < 4.78 is 5.95. The Hall–Kier alpha value is -4.62. The minimum Gasteiger partial charge on any atom is -0.457 e. The smallest absolute Gasteiger partial charge is 0.254 e. The number of nitrogens with two attached hydrogens (primary N) is 1. The van der Waals surface area contributed by atoms with Gasteiger partial charge in [0, 0.05) is 48.0 Å². The first kappa shape index (κ1) is 23.8. The fourth-order valence-electron chi connectivity index (χ4n) is 5.11. The highest BCUT2D eigenvalue weighted by molar-refractivity contribution is 6.20. The van der Waals surface area contributed by atoms with Gasteiger partial charge >= 0.3 is 0 Å². The molecule has 1 aliphatic heterocycles. The van der Waals surface area contributed by atoms with Crippen molar-refractivity contribution in [3.63, 3.8) is 0 Å². The predicted molar refractivity (Wildman–Crippen MR) is 150 cm³/mol. The molecule has 6 rings (SSSR count). The summed E-state index contributed by atoms with van der Waals surface area (Å²) in [7, 11) is 2.07. The highest BCUT2D eigenvalue weighted by Gasteiger charge is 2.22. The van der Waals surface area contributed by atoms with E-state index in [1.165, 1.54) is 0 Å². The molecule has 0 radical (unpaired) electrons. The molecule has 0 atom stereocenters. The van der Waals surface area contributed by atoms with Gasteiger partial charge in [0.2, 0.25) is 0 Å². The number of hydrogen-bond donors (Lipinski definition) is 2. The number of carbonyl (C=O) groups is 2. The van der Waals surface area contributed by atoms with Crippen LogP contribution in [-0.4, -0.2) is 59.8 Å². The molecule has 5 aromatic rings. The maximum atomic E-state index is 13.2. The Morgan fingerprint density at radius 1 is 0.842 bits per heavy atom. The number of fused-ring (bicyclic) bond motifs is 3. The Morgan fingerprint density at radius 3 is 2.26 bits per heavy atom. The van der Waals surface area contributed by atoms with Gasteiger partial charge in [0.1, 0.15) is 11.5 Å². The first-order chi connectivity index (χ1) is 18.5. The maximum Gasteiger partial charge on any atom is 0.254 e. The lowest BCUT2D eigenvalue weighted by Gasteiger charge is -2.32. The van der Waals surface area contributed by atoms with E-state index in [2.05, 4.69) is 16.9 Å². The zero-order valence-electron chi connectivity index (χ0n) is 21.1. The monoisotopic (exact) mass is 504 g/mol. The molecule has 7 heteroatoms. The Labute approximate surface area is 220 Å². The predicted octanol–water partition coefficient (Wildman–Crippen LogP) is 5.27. The van der Waals surface area contributed by atoms with Gasteiger partial charge in [-0.05, 0) is 60.6 Å². The summed E-state index contributed by atoms with van der Waals surface area (Å²) in [6.07, 6.45) is 0. The van der Waals surface area contributed by atoms with E-state index in [1.54, 1.807) is 6.07 Å². The number of para-hydroxylation sites is 1. The molecule has 1 fully saturated rings. The summed E-state index contributed by atoms with van der Waals surface area (Å²) in [6.45, 7) is 3.14. The summed E-state index contributed by atoms with van der Waals surface area (Å²) in [6, 6.07) is 26.9. The number of primary amides is 1. The second-order valence-corrected chi connectivity index (χ2v) is 9.70. The molecule has 0 aliphatic carbocycles. The van der Waals surface area contributed by atoms with E-state index >= 15 is 0 Å². The van der Waals surface area contributed by atoms with Crippen LogP contribution in [0.25, 0.3) is 32.9 Å². The van der Waals surface area contributed by atoms with Crippen molar-refractivity contribution < 1.29 is 14.3 Å². The van der Waals surface area contributed by atoms with Crippen molar-refractivity contribution in [2.45, 2.75) is 0 Å². The molecule has 0 saturated carbocycles. The molecule has 0 spiro atoms. The maximum absolute atomic E-state index is 13.2. The number of nitrogens with zero attached hydrogens (tertiary/aromatic N) is 2. The second-order valence-electron chi connectivity index (χ2n) is 9.70. The van der Waals surface area contributed by atoms with Crippen LogP contribution < -0.4 is 10.5 Å². The van der Waals surface area contributed by atoms with Gasteiger partial charge in [-0.15, -0.1) is 0 Å². The number of likely N-dealkylation sites (N-methyl/N-ethyl adjacent to an activating group) is 1. The number of aromatic amines is 1. The lowest BCUT2D eigenvalue weighted by Crippen LogP contribution is -2.47. The van der Waals surface area contributed by atoms with Gasteiger partial charge in [-0.3, -0.25) is 9.59 Å². The van der Waals surface area contributed by atoms with Crippen LogP contribution in [-0.2, 0) is 0 Å². The molecule has 1 aromatic heterocycles. The van der Waals surface area contributed by atoms with Gasteiger partial charge in [0.15, 0.2) is 0 Å². The van der Waals surface area contributed by atoms with Crippen molar-refractivity contribution in [3.8, 4) is 22.6 Å². The first-order valence-corrected chi connectivity index (χ1v) is 12.7. The van der Waals surface area contributed by atoms with Crippen LogP contribution >= 0.6 is 0 Å². The summed E-state index contributed by atoms with van der Waals surface area (Å²) in [5.41, 5.74) is 10.2. The number of carbonyl (C=O) groups excluding carboxylic acids is 2. The third-order valence-electron chi connectivity index (χ3n) is 7.20. The molecule has 2 heterocycles. The van der Waals surface area contributed by atoms with Crippen LogP contribution in [0.15, 0.2) is 84.9 Å². The third kappa shape index (κ3) is 4.37. The number of hydrogen-bond acceptors (Lipinski definition) is 4. The van der Waals surface area contributed by atoms with E-state index in [9.17, 15) is 9.59 Å².